The standard InChI is InChI=1S/C16H18F3NO3/c1-10-3-2-4-12(7-10)22-13-8-11-5-6-15(9-13,20-11)23-14(21)16(17,18)19/h2-4,7,11,13,20H,5-6,8-9H2,1H3. The highest BCUT2D eigenvalue weighted by Gasteiger charge is 2.53. The number of ether oxygens (including phenoxy) is 2. The zero-order chi connectivity index (χ0) is 16.7. The number of alkyl halides is 3. The Morgan fingerprint density at radius 1 is 1.39 bits per heavy atom. The van der Waals surface area contributed by atoms with E-state index in [1.807, 2.05) is 31.2 Å². The van der Waals surface area contributed by atoms with Crippen molar-refractivity contribution in [3.63, 3.8) is 0 Å². The highest BCUT2D eigenvalue weighted by Crippen LogP contribution is 2.39. The lowest BCUT2D eigenvalue weighted by Crippen LogP contribution is -2.56. The molecule has 126 valence electrons. The highest BCUT2D eigenvalue weighted by atomic mass is 19.4. The van der Waals surface area contributed by atoms with Gasteiger partial charge in [0, 0.05) is 18.9 Å². The number of piperidine rings is 1. The summed E-state index contributed by atoms with van der Waals surface area (Å²) in [6.45, 7) is 1.94. The molecular weight excluding hydrogens is 311 g/mol. The zero-order valence-electron chi connectivity index (χ0n) is 12.7. The van der Waals surface area contributed by atoms with Crippen molar-refractivity contribution >= 4 is 5.97 Å². The zero-order valence-corrected chi connectivity index (χ0v) is 12.7. The van der Waals surface area contributed by atoms with Gasteiger partial charge in [-0.25, -0.2) is 4.79 Å². The van der Waals surface area contributed by atoms with Crippen LogP contribution in [0.3, 0.4) is 0 Å². The summed E-state index contributed by atoms with van der Waals surface area (Å²) in [6, 6.07) is 7.48. The van der Waals surface area contributed by atoms with E-state index in [4.69, 9.17) is 9.47 Å². The molecule has 2 heterocycles. The summed E-state index contributed by atoms with van der Waals surface area (Å²) in [5, 5.41) is 3.01. The summed E-state index contributed by atoms with van der Waals surface area (Å²) >= 11 is 0. The molecule has 0 aliphatic carbocycles. The van der Waals surface area contributed by atoms with E-state index in [-0.39, 0.29) is 18.6 Å². The minimum atomic E-state index is -4.99. The molecular formula is C16H18F3NO3. The average molecular weight is 329 g/mol. The third kappa shape index (κ3) is 3.60. The number of benzene rings is 1. The van der Waals surface area contributed by atoms with Crippen molar-refractivity contribution in [1.82, 2.24) is 5.32 Å². The lowest BCUT2D eigenvalue weighted by molar-refractivity contribution is -0.219. The van der Waals surface area contributed by atoms with E-state index >= 15 is 0 Å². The Morgan fingerprint density at radius 2 is 2.17 bits per heavy atom. The minimum Gasteiger partial charge on any atom is -0.490 e. The Morgan fingerprint density at radius 3 is 2.87 bits per heavy atom. The van der Waals surface area contributed by atoms with Crippen LogP contribution in [-0.4, -0.2) is 30.0 Å². The average Bonchev–Trinajstić information content (AvgIpc) is 2.73. The van der Waals surface area contributed by atoms with Crippen molar-refractivity contribution in [2.45, 2.75) is 56.7 Å². The molecule has 23 heavy (non-hydrogen) atoms. The first-order chi connectivity index (χ1) is 10.8. The van der Waals surface area contributed by atoms with Crippen molar-refractivity contribution in [3.05, 3.63) is 29.8 Å². The molecule has 1 N–H and O–H groups in total. The molecule has 2 aliphatic heterocycles. The number of hydrogen-bond donors (Lipinski definition) is 1. The lowest BCUT2D eigenvalue weighted by atomic mass is 9.99. The molecule has 1 aromatic rings. The first-order valence-electron chi connectivity index (χ1n) is 7.57. The number of fused-ring (bicyclic) bond motifs is 2. The van der Waals surface area contributed by atoms with Crippen LogP contribution in [-0.2, 0) is 9.53 Å². The summed E-state index contributed by atoms with van der Waals surface area (Å²) in [4.78, 5) is 11.2. The molecule has 2 saturated heterocycles. The van der Waals surface area contributed by atoms with Gasteiger partial charge in [0.1, 0.15) is 11.9 Å². The van der Waals surface area contributed by atoms with E-state index in [1.165, 1.54) is 0 Å². The molecule has 0 amide bonds. The minimum absolute atomic E-state index is 0.000377. The number of carbonyl (C=O) groups excluding carboxylic acids is 1. The third-order valence-corrected chi connectivity index (χ3v) is 4.28. The first-order valence-corrected chi connectivity index (χ1v) is 7.57. The lowest BCUT2D eigenvalue weighted by Gasteiger charge is -2.38. The second-order valence-electron chi connectivity index (χ2n) is 6.26. The molecule has 3 atom stereocenters. The fraction of sp³-hybridized carbons (Fsp3) is 0.562. The summed E-state index contributed by atoms with van der Waals surface area (Å²) in [5.74, 6) is -1.48. The predicted molar refractivity (Wildman–Crippen MR) is 75.9 cm³/mol. The highest BCUT2D eigenvalue weighted by molar-refractivity contribution is 5.76. The van der Waals surface area contributed by atoms with Crippen molar-refractivity contribution < 1.29 is 27.4 Å². The Balaban J connectivity index is 1.70. The second-order valence-corrected chi connectivity index (χ2v) is 6.26. The predicted octanol–water partition coefficient (Wildman–Crippen LogP) is 3.09. The maximum absolute atomic E-state index is 12.5. The number of halogens is 3. The summed E-state index contributed by atoms with van der Waals surface area (Å²) in [7, 11) is 0. The molecule has 4 nitrogen and oxygen atoms in total. The van der Waals surface area contributed by atoms with Crippen LogP contribution in [0.5, 0.6) is 5.75 Å². The third-order valence-electron chi connectivity index (χ3n) is 4.28. The van der Waals surface area contributed by atoms with Gasteiger partial charge in [0.05, 0.1) is 0 Å². The number of esters is 1. The van der Waals surface area contributed by atoms with Crippen LogP contribution in [0.15, 0.2) is 24.3 Å². The van der Waals surface area contributed by atoms with E-state index in [9.17, 15) is 18.0 Å². The topological polar surface area (TPSA) is 47.6 Å². The molecule has 0 radical (unpaired) electrons. The molecule has 1 aromatic carbocycles. The van der Waals surface area contributed by atoms with E-state index in [2.05, 4.69) is 5.32 Å². The monoisotopic (exact) mass is 329 g/mol. The molecule has 2 bridgehead atoms. The molecule has 0 spiro atoms. The van der Waals surface area contributed by atoms with Crippen LogP contribution in [0, 0.1) is 6.92 Å². The molecule has 2 fully saturated rings. The van der Waals surface area contributed by atoms with Gasteiger partial charge in [-0.3, -0.25) is 5.32 Å². The largest absolute Gasteiger partial charge is 0.490 e. The molecule has 0 aromatic heterocycles. The van der Waals surface area contributed by atoms with Gasteiger partial charge < -0.3 is 9.47 Å². The van der Waals surface area contributed by atoms with Crippen molar-refractivity contribution in [1.29, 1.82) is 0 Å². The van der Waals surface area contributed by atoms with Crippen LogP contribution < -0.4 is 10.1 Å². The van der Waals surface area contributed by atoms with Gasteiger partial charge in [0.2, 0.25) is 0 Å². The number of hydrogen-bond acceptors (Lipinski definition) is 4. The Hall–Kier alpha value is -1.76. The van der Waals surface area contributed by atoms with E-state index < -0.39 is 17.9 Å². The van der Waals surface area contributed by atoms with E-state index in [0.29, 0.717) is 25.0 Å². The van der Waals surface area contributed by atoms with Gasteiger partial charge >= 0.3 is 12.1 Å². The van der Waals surface area contributed by atoms with Crippen LogP contribution >= 0.6 is 0 Å². The number of carbonyl (C=O) groups is 1. The number of rotatable bonds is 3. The van der Waals surface area contributed by atoms with Crippen molar-refractivity contribution in [3.8, 4) is 5.75 Å². The molecule has 7 heteroatoms. The quantitative estimate of drug-likeness (QED) is 0.866. The Labute approximate surface area is 132 Å². The van der Waals surface area contributed by atoms with E-state index in [1.54, 1.807) is 0 Å². The fourth-order valence-corrected chi connectivity index (χ4v) is 3.36. The first kappa shape index (κ1) is 16.1. The van der Waals surface area contributed by atoms with Crippen LogP contribution in [0.2, 0.25) is 0 Å². The Bertz CT molecular complexity index is 604. The van der Waals surface area contributed by atoms with Gasteiger partial charge in [-0.05, 0) is 37.5 Å². The maximum atomic E-state index is 12.5. The van der Waals surface area contributed by atoms with Crippen molar-refractivity contribution in [2.75, 3.05) is 0 Å². The SMILES string of the molecule is Cc1cccc(OC2CC3CCC(OC(=O)C(F)(F)F)(C2)N3)c1. The molecule has 2 aliphatic rings. The molecule has 3 unspecified atom stereocenters. The Kier molecular flexibility index (Phi) is 4.00. The molecule has 0 saturated carbocycles. The van der Waals surface area contributed by atoms with E-state index in [0.717, 1.165) is 5.56 Å². The fourth-order valence-electron chi connectivity index (χ4n) is 3.36. The van der Waals surface area contributed by atoms with Gasteiger partial charge in [-0.15, -0.1) is 0 Å². The summed E-state index contributed by atoms with van der Waals surface area (Å²) in [6.07, 6.45) is -3.35. The maximum Gasteiger partial charge on any atom is 0.490 e. The second kappa shape index (κ2) is 5.70. The molecule has 3 rings (SSSR count). The van der Waals surface area contributed by atoms with Crippen LogP contribution in [0.4, 0.5) is 13.2 Å². The van der Waals surface area contributed by atoms with Crippen LogP contribution in [0.1, 0.15) is 31.2 Å². The number of nitrogens with one attached hydrogen (secondary N) is 1. The van der Waals surface area contributed by atoms with Crippen LogP contribution in [0.25, 0.3) is 0 Å². The van der Waals surface area contributed by atoms with Crippen molar-refractivity contribution in [2.24, 2.45) is 0 Å². The van der Waals surface area contributed by atoms with Gasteiger partial charge in [0.25, 0.3) is 0 Å². The van der Waals surface area contributed by atoms with Gasteiger partial charge in [-0.1, -0.05) is 12.1 Å². The van der Waals surface area contributed by atoms with Gasteiger partial charge in [-0.2, -0.15) is 13.2 Å². The summed E-state index contributed by atoms with van der Waals surface area (Å²) in [5.41, 5.74) is -0.234. The van der Waals surface area contributed by atoms with Gasteiger partial charge in [0.15, 0.2) is 5.72 Å². The smallest absolute Gasteiger partial charge is 0.490 e. The normalized spacial score (nSPS) is 30.1. The summed E-state index contributed by atoms with van der Waals surface area (Å²) < 4.78 is 48.1. The number of aryl methyl sites for hydroxylation is 1.